The number of fused-ring (bicyclic) bond motifs is 1. The van der Waals surface area contributed by atoms with Crippen molar-refractivity contribution in [2.75, 3.05) is 7.11 Å². The molecule has 0 atom stereocenters. The van der Waals surface area contributed by atoms with Crippen molar-refractivity contribution < 1.29 is 14.1 Å². The number of aromatic nitrogens is 3. The number of hydrogen-bond donors (Lipinski definition) is 2. The standard InChI is InChI=1S/C19H16N4O3/c1-25-16-8-3-2-5-12(16)11-21-18(24)19-22-17(23-26-19)14-6-4-7-15-13(14)9-10-20-15/h2-10,20H,11H2,1H3,(H,21,24). The van der Waals surface area contributed by atoms with Gasteiger partial charge in [0.15, 0.2) is 0 Å². The predicted octanol–water partition coefficient (Wildman–Crippen LogP) is 3.16. The van der Waals surface area contributed by atoms with Crippen LogP contribution in [0.2, 0.25) is 0 Å². The highest BCUT2D eigenvalue weighted by Gasteiger charge is 2.17. The first-order valence-corrected chi connectivity index (χ1v) is 8.06. The number of carbonyl (C=O) groups excluding carboxylic acids is 1. The molecule has 2 aromatic heterocycles. The van der Waals surface area contributed by atoms with Crippen molar-refractivity contribution in [2.24, 2.45) is 0 Å². The van der Waals surface area contributed by atoms with Crippen molar-refractivity contribution in [3.8, 4) is 17.1 Å². The van der Waals surface area contributed by atoms with Crippen molar-refractivity contribution in [1.29, 1.82) is 0 Å². The quantitative estimate of drug-likeness (QED) is 0.578. The summed E-state index contributed by atoms with van der Waals surface area (Å²) in [5.74, 6) is 0.564. The second kappa shape index (κ2) is 6.72. The highest BCUT2D eigenvalue weighted by Crippen LogP contribution is 2.25. The normalized spacial score (nSPS) is 10.8. The van der Waals surface area contributed by atoms with E-state index in [-0.39, 0.29) is 5.89 Å². The van der Waals surface area contributed by atoms with E-state index < -0.39 is 5.91 Å². The van der Waals surface area contributed by atoms with Crippen LogP contribution in [0.4, 0.5) is 0 Å². The molecule has 4 rings (SSSR count). The first-order chi connectivity index (χ1) is 12.8. The number of ether oxygens (including phenoxy) is 1. The Hall–Kier alpha value is -3.61. The van der Waals surface area contributed by atoms with Gasteiger partial charge in [-0.1, -0.05) is 35.5 Å². The van der Waals surface area contributed by atoms with Crippen molar-refractivity contribution in [3.63, 3.8) is 0 Å². The van der Waals surface area contributed by atoms with Gasteiger partial charge in [0.2, 0.25) is 5.82 Å². The molecule has 0 aliphatic carbocycles. The zero-order valence-electron chi connectivity index (χ0n) is 14.0. The molecule has 0 fully saturated rings. The van der Waals surface area contributed by atoms with E-state index in [2.05, 4.69) is 20.4 Å². The molecular weight excluding hydrogens is 332 g/mol. The zero-order valence-corrected chi connectivity index (χ0v) is 14.0. The third kappa shape index (κ3) is 2.90. The Bertz CT molecular complexity index is 1070. The number of benzene rings is 2. The predicted molar refractivity (Wildman–Crippen MR) is 95.8 cm³/mol. The van der Waals surface area contributed by atoms with Gasteiger partial charge in [-0.2, -0.15) is 4.98 Å². The fourth-order valence-electron chi connectivity index (χ4n) is 2.81. The molecule has 0 aliphatic heterocycles. The molecule has 0 saturated heterocycles. The lowest BCUT2D eigenvalue weighted by Gasteiger charge is -2.07. The number of rotatable bonds is 5. The van der Waals surface area contributed by atoms with Crippen LogP contribution in [0.25, 0.3) is 22.3 Å². The maximum Gasteiger partial charge on any atom is 0.316 e. The number of carbonyl (C=O) groups is 1. The molecule has 2 N–H and O–H groups in total. The Morgan fingerprint density at radius 2 is 2.08 bits per heavy atom. The van der Waals surface area contributed by atoms with Crippen LogP contribution >= 0.6 is 0 Å². The molecular formula is C19H16N4O3. The summed E-state index contributed by atoms with van der Waals surface area (Å²) in [5.41, 5.74) is 2.63. The number of aromatic amines is 1. The molecule has 7 heteroatoms. The van der Waals surface area contributed by atoms with Crippen molar-refractivity contribution in [2.45, 2.75) is 6.54 Å². The van der Waals surface area contributed by atoms with E-state index in [0.717, 1.165) is 22.0 Å². The molecule has 2 aromatic carbocycles. The molecule has 0 saturated carbocycles. The Morgan fingerprint density at radius 3 is 2.96 bits per heavy atom. The van der Waals surface area contributed by atoms with E-state index in [4.69, 9.17) is 9.26 Å². The van der Waals surface area contributed by atoms with Crippen LogP contribution in [-0.4, -0.2) is 28.1 Å². The Labute approximate surface area is 149 Å². The summed E-state index contributed by atoms with van der Waals surface area (Å²) in [4.78, 5) is 19.7. The van der Waals surface area contributed by atoms with E-state index in [1.165, 1.54) is 0 Å². The van der Waals surface area contributed by atoms with Crippen LogP contribution in [0.5, 0.6) is 5.75 Å². The molecule has 0 unspecified atom stereocenters. The fourth-order valence-corrected chi connectivity index (χ4v) is 2.81. The first kappa shape index (κ1) is 15.9. The SMILES string of the molecule is COc1ccccc1CNC(=O)c1nc(-c2cccc3[nH]ccc23)no1. The summed E-state index contributed by atoms with van der Waals surface area (Å²) in [6.45, 7) is 0.300. The molecule has 0 aliphatic rings. The Morgan fingerprint density at radius 1 is 1.19 bits per heavy atom. The molecule has 26 heavy (non-hydrogen) atoms. The molecule has 0 spiro atoms. The number of hydrogen-bond acceptors (Lipinski definition) is 5. The van der Waals surface area contributed by atoms with Gasteiger partial charge in [-0.05, 0) is 18.2 Å². The minimum atomic E-state index is -0.434. The van der Waals surface area contributed by atoms with Gasteiger partial charge < -0.3 is 19.6 Å². The fraction of sp³-hybridized carbons (Fsp3) is 0.105. The third-order valence-corrected chi connectivity index (χ3v) is 4.09. The first-order valence-electron chi connectivity index (χ1n) is 8.06. The topological polar surface area (TPSA) is 93.0 Å². The van der Waals surface area contributed by atoms with E-state index in [0.29, 0.717) is 18.1 Å². The van der Waals surface area contributed by atoms with Gasteiger partial charge in [0.1, 0.15) is 5.75 Å². The van der Waals surface area contributed by atoms with E-state index in [1.54, 1.807) is 7.11 Å². The average molecular weight is 348 g/mol. The van der Waals surface area contributed by atoms with Gasteiger partial charge in [-0.3, -0.25) is 4.79 Å². The van der Waals surface area contributed by atoms with Gasteiger partial charge in [0.05, 0.1) is 7.11 Å². The maximum absolute atomic E-state index is 12.3. The van der Waals surface area contributed by atoms with Crippen LogP contribution in [0, 0.1) is 0 Å². The minimum absolute atomic E-state index is 0.0811. The van der Waals surface area contributed by atoms with E-state index in [9.17, 15) is 4.79 Å². The number of nitrogens with one attached hydrogen (secondary N) is 2. The summed E-state index contributed by atoms with van der Waals surface area (Å²) >= 11 is 0. The largest absolute Gasteiger partial charge is 0.496 e. The van der Waals surface area contributed by atoms with Gasteiger partial charge in [0, 0.05) is 34.8 Å². The number of para-hydroxylation sites is 1. The number of methoxy groups -OCH3 is 1. The second-order valence-corrected chi connectivity index (χ2v) is 5.66. The van der Waals surface area contributed by atoms with Gasteiger partial charge >= 0.3 is 11.8 Å². The average Bonchev–Trinajstić information content (AvgIpc) is 3.35. The molecule has 7 nitrogen and oxygen atoms in total. The smallest absolute Gasteiger partial charge is 0.316 e. The van der Waals surface area contributed by atoms with Crippen LogP contribution in [0.3, 0.4) is 0 Å². The lowest BCUT2D eigenvalue weighted by molar-refractivity contribution is 0.0906. The molecule has 2 heterocycles. The maximum atomic E-state index is 12.3. The van der Waals surface area contributed by atoms with Crippen LogP contribution in [0.15, 0.2) is 59.3 Å². The molecule has 1 amide bonds. The Balaban J connectivity index is 1.53. The van der Waals surface area contributed by atoms with E-state index in [1.807, 2.05) is 54.7 Å². The number of amides is 1. The summed E-state index contributed by atoms with van der Waals surface area (Å²) in [6, 6.07) is 15.1. The molecule has 4 aromatic rings. The number of H-pyrrole nitrogens is 1. The van der Waals surface area contributed by atoms with Crippen LogP contribution in [0.1, 0.15) is 16.2 Å². The highest BCUT2D eigenvalue weighted by atomic mass is 16.5. The third-order valence-electron chi connectivity index (χ3n) is 4.09. The van der Waals surface area contributed by atoms with Crippen LogP contribution < -0.4 is 10.1 Å². The molecule has 0 bridgehead atoms. The second-order valence-electron chi connectivity index (χ2n) is 5.66. The summed E-state index contributed by atoms with van der Waals surface area (Å²) in [5, 5.41) is 7.67. The highest BCUT2D eigenvalue weighted by molar-refractivity contribution is 5.94. The van der Waals surface area contributed by atoms with Gasteiger partial charge in [-0.25, -0.2) is 0 Å². The summed E-state index contributed by atoms with van der Waals surface area (Å²) in [6.07, 6.45) is 1.84. The van der Waals surface area contributed by atoms with Crippen LogP contribution in [-0.2, 0) is 6.54 Å². The number of nitrogens with zero attached hydrogens (tertiary/aromatic N) is 2. The lowest BCUT2D eigenvalue weighted by atomic mass is 10.1. The Kier molecular flexibility index (Phi) is 4.10. The summed E-state index contributed by atoms with van der Waals surface area (Å²) < 4.78 is 10.4. The molecule has 0 radical (unpaired) electrons. The van der Waals surface area contributed by atoms with Crippen molar-refractivity contribution in [1.82, 2.24) is 20.4 Å². The van der Waals surface area contributed by atoms with Gasteiger partial charge in [0.25, 0.3) is 0 Å². The summed E-state index contributed by atoms with van der Waals surface area (Å²) in [7, 11) is 1.59. The van der Waals surface area contributed by atoms with Crippen molar-refractivity contribution in [3.05, 3.63) is 66.2 Å². The van der Waals surface area contributed by atoms with Gasteiger partial charge in [-0.15, -0.1) is 0 Å². The van der Waals surface area contributed by atoms with Crippen molar-refractivity contribution >= 4 is 16.8 Å². The van der Waals surface area contributed by atoms with E-state index >= 15 is 0 Å². The monoisotopic (exact) mass is 348 g/mol. The lowest BCUT2D eigenvalue weighted by Crippen LogP contribution is -2.23. The minimum Gasteiger partial charge on any atom is -0.496 e. The molecule has 130 valence electrons. The zero-order chi connectivity index (χ0) is 17.9.